The lowest BCUT2D eigenvalue weighted by molar-refractivity contribution is -0.0493. The SMILES string of the molecule is C[C@@H]1CN(c2ccc(N)c(OC(F)F)c2)C[C@H](C)N1. The molecule has 1 aliphatic heterocycles. The number of hydrogen-bond acceptors (Lipinski definition) is 4. The van der Waals surface area contributed by atoms with Crippen LogP contribution < -0.4 is 20.7 Å². The number of alkyl halides is 2. The summed E-state index contributed by atoms with van der Waals surface area (Å²) in [6.45, 7) is 2.97. The molecule has 0 bridgehead atoms. The van der Waals surface area contributed by atoms with Crippen molar-refractivity contribution in [3.63, 3.8) is 0 Å². The molecule has 0 aliphatic carbocycles. The lowest BCUT2D eigenvalue weighted by atomic mass is 10.1. The minimum Gasteiger partial charge on any atom is -0.433 e. The fourth-order valence-corrected chi connectivity index (χ4v) is 2.46. The van der Waals surface area contributed by atoms with Crippen molar-refractivity contribution in [3.8, 4) is 5.75 Å². The van der Waals surface area contributed by atoms with Gasteiger partial charge in [-0.05, 0) is 26.0 Å². The summed E-state index contributed by atoms with van der Waals surface area (Å²) in [5, 5.41) is 3.42. The highest BCUT2D eigenvalue weighted by molar-refractivity contribution is 5.62. The Morgan fingerprint density at radius 2 is 1.95 bits per heavy atom. The van der Waals surface area contributed by atoms with Crippen LogP contribution in [0.25, 0.3) is 0 Å². The first-order valence-corrected chi connectivity index (χ1v) is 6.31. The molecule has 1 fully saturated rings. The van der Waals surface area contributed by atoms with E-state index >= 15 is 0 Å². The summed E-state index contributed by atoms with van der Waals surface area (Å²) in [4.78, 5) is 2.14. The van der Waals surface area contributed by atoms with Crippen LogP contribution in [0, 0.1) is 0 Å². The summed E-state index contributed by atoms with van der Waals surface area (Å²) >= 11 is 0. The third-order valence-corrected chi connectivity index (χ3v) is 3.14. The zero-order valence-corrected chi connectivity index (χ0v) is 11.1. The predicted molar refractivity (Wildman–Crippen MR) is 71.8 cm³/mol. The Labute approximate surface area is 111 Å². The fraction of sp³-hybridized carbons (Fsp3) is 0.538. The Kier molecular flexibility index (Phi) is 4.09. The largest absolute Gasteiger partial charge is 0.433 e. The lowest BCUT2D eigenvalue weighted by Crippen LogP contribution is -2.54. The maximum atomic E-state index is 12.3. The van der Waals surface area contributed by atoms with Gasteiger partial charge in [-0.2, -0.15) is 8.78 Å². The van der Waals surface area contributed by atoms with E-state index in [9.17, 15) is 8.78 Å². The maximum absolute atomic E-state index is 12.3. The number of benzene rings is 1. The van der Waals surface area contributed by atoms with Crippen LogP contribution in [-0.4, -0.2) is 31.8 Å². The Hall–Kier alpha value is -1.56. The van der Waals surface area contributed by atoms with E-state index in [-0.39, 0.29) is 11.4 Å². The molecule has 3 N–H and O–H groups in total. The van der Waals surface area contributed by atoms with E-state index in [0.717, 1.165) is 18.8 Å². The number of nitrogens with zero attached hydrogens (tertiary/aromatic N) is 1. The molecule has 106 valence electrons. The van der Waals surface area contributed by atoms with Crippen LogP contribution in [-0.2, 0) is 0 Å². The molecule has 2 rings (SSSR count). The molecule has 6 heteroatoms. The fourth-order valence-electron chi connectivity index (χ4n) is 2.46. The van der Waals surface area contributed by atoms with Gasteiger partial charge in [-0.15, -0.1) is 0 Å². The second kappa shape index (κ2) is 5.61. The van der Waals surface area contributed by atoms with E-state index < -0.39 is 6.61 Å². The zero-order valence-electron chi connectivity index (χ0n) is 11.1. The van der Waals surface area contributed by atoms with Gasteiger partial charge in [0.05, 0.1) is 5.69 Å². The molecule has 0 radical (unpaired) electrons. The molecule has 1 aliphatic rings. The molecule has 1 aromatic carbocycles. The van der Waals surface area contributed by atoms with Crippen molar-refractivity contribution in [2.75, 3.05) is 23.7 Å². The van der Waals surface area contributed by atoms with Gasteiger partial charge in [0.2, 0.25) is 0 Å². The van der Waals surface area contributed by atoms with E-state index in [1.54, 1.807) is 12.1 Å². The Bertz CT molecular complexity index is 432. The number of hydrogen-bond donors (Lipinski definition) is 2. The van der Waals surface area contributed by atoms with E-state index in [4.69, 9.17) is 5.73 Å². The molecule has 4 nitrogen and oxygen atoms in total. The van der Waals surface area contributed by atoms with Crippen LogP contribution in [0.5, 0.6) is 5.75 Å². The molecule has 0 unspecified atom stereocenters. The number of anilines is 2. The van der Waals surface area contributed by atoms with E-state index in [0.29, 0.717) is 12.1 Å². The molecule has 2 atom stereocenters. The Morgan fingerprint density at radius 3 is 2.53 bits per heavy atom. The number of nitrogens with one attached hydrogen (secondary N) is 1. The van der Waals surface area contributed by atoms with Crippen molar-refractivity contribution in [2.45, 2.75) is 32.5 Å². The van der Waals surface area contributed by atoms with Gasteiger partial charge in [0.25, 0.3) is 0 Å². The number of halogens is 2. The molecular weight excluding hydrogens is 252 g/mol. The van der Waals surface area contributed by atoms with Crippen LogP contribution in [0.3, 0.4) is 0 Å². The first-order chi connectivity index (χ1) is 8.95. The smallest absolute Gasteiger partial charge is 0.387 e. The van der Waals surface area contributed by atoms with Crippen molar-refractivity contribution >= 4 is 11.4 Å². The average Bonchev–Trinajstić information content (AvgIpc) is 2.30. The van der Waals surface area contributed by atoms with Gasteiger partial charge >= 0.3 is 6.61 Å². The molecule has 1 heterocycles. The first-order valence-electron chi connectivity index (χ1n) is 6.31. The average molecular weight is 271 g/mol. The van der Waals surface area contributed by atoms with E-state index in [1.165, 1.54) is 0 Å². The zero-order chi connectivity index (χ0) is 14.0. The maximum Gasteiger partial charge on any atom is 0.387 e. The molecule has 19 heavy (non-hydrogen) atoms. The van der Waals surface area contributed by atoms with Crippen LogP contribution >= 0.6 is 0 Å². The summed E-state index contributed by atoms with van der Waals surface area (Å²) in [7, 11) is 0. The molecule has 0 amide bonds. The van der Waals surface area contributed by atoms with Gasteiger partial charge in [0, 0.05) is 36.9 Å². The Balaban J connectivity index is 2.20. The summed E-state index contributed by atoms with van der Waals surface area (Å²) < 4.78 is 29.0. The van der Waals surface area contributed by atoms with Crippen LogP contribution in [0.1, 0.15) is 13.8 Å². The third kappa shape index (κ3) is 3.47. The van der Waals surface area contributed by atoms with Crippen molar-refractivity contribution in [2.24, 2.45) is 0 Å². The highest BCUT2D eigenvalue weighted by Crippen LogP contribution is 2.29. The highest BCUT2D eigenvalue weighted by Gasteiger charge is 2.22. The van der Waals surface area contributed by atoms with Crippen molar-refractivity contribution in [1.29, 1.82) is 0 Å². The molecular formula is C13H19F2N3O. The summed E-state index contributed by atoms with van der Waals surface area (Å²) in [5.41, 5.74) is 6.71. The van der Waals surface area contributed by atoms with Crippen molar-refractivity contribution < 1.29 is 13.5 Å². The number of nitrogens with two attached hydrogens (primary N) is 1. The summed E-state index contributed by atoms with van der Waals surface area (Å²) in [6, 6.07) is 5.70. The van der Waals surface area contributed by atoms with Crippen molar-refractivity contribution in [1.82, 2.24) is 5.32 Å². The first kappa shape index (κ1) is 13.9. The van der Waals surface area contributed by atoms with Crippen molar-refractivity contribution in [3.05, 3.63) is 18.2 Å². The van der Waals surface area contributed by atoms with Gasteiger partial charge in [-0.25, -0.2) is 0 Å². The lowest BCUT2D eigenvalue weighted by Gasteiger charge is -2.37. The topological polar surface area (TPSA) is 50.5 Å². The van der Waals surface area contributed by atoms with Crippen LogP contribution in [0.2, 0.25) is 0 Å². The van der Waals surface area contributed by atoms with Gasteiger partial charge in [-0.3, -0.25) is 0 Å². The number of piperazine rings is 1. The van der Waals surface area contributed by atoms with Gasteiger partial charge in [0.1, 0.15) is 0 Å². The van der Waals surface area contributed by atoms with Crippen LogP contribution in [0.4, 0.5) is 20.2 Å². The number of rotatable bonds is 3. The summed E-state index contributed by atoms with van der Waals surface area (Å²) in [5.74, 6) is 0.0336. The number of ether oxygens (including phenoxy) is 1. The second-order valence-electron chi connectivity index (χ2n) is 4.97. The third-order valence-electron chi connectivity index (χ3n) is 3.14. The van der Waals surface area contributed by atoms with E-state index in [1.807, 2.05) is 6.07 Å². The molecule has 1 aromatic rings. The highest BCUT2D eigenvalue weighted by atomic mass is 19.3. The minimum absolute atomic E-state index is 0.0336. The second-order valence-corrected chi connectivity index (χ2v) is 4.97. The van der Waals surface area contributed by atoms with Gasteiger partial charge < -0.3 is 20.7 Å². The molecule has 1 saturated heterocycles. The molecule has 0 saturated carbocycles. The Morgan fingerprint density at radius 1 is 1.32 bits per heavy atom. The summed E-state index contributed by atoms with van der Waals surface area (Å²) in [6.07, 6.45) is 0. The molecule has 0 aromatic heterocycles. The van der Waals surface area contributed by atoms with Gasteiger partial charge in [-0.1, -0.05) is 0 Å². The normalized spacial score (nSPS) is 23.7. The quantitative estimate of drug-likeness (QED) is 0.826. The standard InChI is InChI=1S/C13H19F2N3O/c1-8-6-18(7-9(2)17-8)10-3-4-11(16)12(5-10)19-13(14)15/h3-5,8-9,13,17H,6-7,16H2,1-2H3/t8-,9+. The molecule has 0 spiro atoms. The van der Waals surface area contributed by atoms with Crippen LogP contribution in [0.15, 0.2) is 18.2 Å². The minimum atomic E-state index is -2.86. The van der Waals surface area contributed by atoms with Gasteiger partial charge in [0.15, 0.2) is 5.75 Å². The van der Waals surface area contributed by atoms with E-state index in [2.05, 4.69) is 28.8 Å². The monoisotopic (exact) mass is 271 g/mol. The predicted octanol–water partition coefficient (Wildman–Crippen LogP) is 2.06. The number of nitrogen functional groups attached to an aromatic ring is 1.